The van der Waals surface area contributed by atoms with Gasteiger partial charge in [0.05, 0.1) is 12.2 Å². The molecule has 0 aromatic rings. The SMILES string of the molecule is CC(=O)O[C@H]([C@H](OC(C)=O)[C@H](OC(C)=O)C(=O)NC[C@@H]1CCCO1)[C@H](OC(C)=O)C(=O)NC[C@@H]1CCCO1. The highest BCUT2D eigenvalue weighted by atomic mass is 16.6. The van der Waals surface area contributed by atoms with Crippen LogP contribution in [0.1, 0.15) is 53.4 Å². The van der Waals surface area contributed by atoms with Crippen molar-refractivity contribution in [1.29, 1.82) is 0 Å². The first-order chi connectivity index (χ1) is 18.0. The van der Waals surface area contributed by atoms with Crippen LogP contribution in [0, 0.1) is 0 Å². The Balaban J connectivity index is 2.39. The maximum atomic E-state index is 13.2. The summed E-state index contributed by atoms with van der Waals surface area (Å²) in [6, 6.07) is 0. The molecule has 2 saturated heterocycles. The summed E-state index contributed by atoms with van der Waals surface area (Å²) in [6.45, 7) is 5.24. The van der Waals surface area contributed by atoms with Crippen molar-refractivity contribution in [2.45, 2.75) is 90.0 Å². The van der Waals surface area contributed by atoms with E-state index < -0.39 is 60.1 Å². The zero-order chi connectivity index (χ0) is 28.2. The number of rotatable bonds is 13. The van der Waals surface area contributed by atoms with Gasteiger partial charge >= 0.3 is 23.9 Å². The van der Waals surface area contributed by atoms with Gasteiger partial charge in [-0.2, -0.15) is 0 Å². The molecule has 214 valence electrons. The van der Waals surface area contributed by atoms with Crippen molar-refractivity contribution in [2.75, 3.05) is 26.3 Å². The molecular formula is C24H36N2O12. The van der Waals surface area contributed by atoms with Crippen LogP contribution < -0.4 is 10.6 Å². The fraction of sp³-hybridized carbons (Fsp3) is 0.750. The highest BCUT2D eigenvalue weighted by molar-refractivity contribution is 5.87. The van der Waals surface area contributed by atoms with Crippen LogP contribution in [0.15, 0.2) is 0 Å². The summed E-state index contributed by atoms with van der Waals surface area (Å²) in [5, 5.41) is 5.13. The highest BCUT2D eigenvalue weighted by Gasteiger charge is 2.49. The van der Waals surface area contributed by atoms with Crippen molar-refractivity contribution < 1.29 is 57.2 Å². The van der Waals surface area contributed by atoms with E-state index in [2.05, 4.69) is 10.6 Å². The molecule has 14 nitrogen and oxygen atoms in total. The van der Waals surface area contributed by atoms with Gasteiger partial charge in [0.25, 0.3) is 11.8 Å². The van der Waals surface area contributed by atoms with E-state index in [9.17, 15) is 28.8 Å². The summed E-state index contributed by atoms with van der Waals surface area (Å²) in [6.07, 6.45) is -4.99. The summed E-state index contributed by atoms with van der Waals surface area (Å²) >= 11 is 0. The van der Waals surface area contributed by atoms with Crippen LogP contribution in [0.3, 0.4) is 0 Å². The second-order valence-electron chi connectivity index (χ2n) is 8.97. The Kier molecular flexibility index (Phi) is 12.4. The van der Waals surface area contributed by atoms with Crippen LogP contribution >= 0.6 is 0 Å². The fourth-order valence-electron chi connectivity index (χ4n) is 4.12. The van der Waals surface area contributed by atoms with Crippen LogP contribution in [-0.2, 0) is 57.2 Å². The Bertz CT molecular complexity index is 796. The van der Waals surface area contributed by atoms with Crippen molar-refractivity contribution in [3.63, 3.8) is 0 Å². The minimum atomic E-state index is -1.87. The topological polar surface area (TPSA) is 182 Å². The molecule has 0 saturated carbocycles. The summed E-state index contributed by atoms with van der Waals surface area (Å²) < 4.78 is 31.9. The van der Waals surface area contributed by atoms with E-state index >= 15 is 0 Å². The number of esters is 4. The first-order valence-electron chi connectivity index (χ1n) is 12.5. The third-order valence-corrected chi connectivity index (χ3v) is 5.68. The summed E-state index contributed by atoms with van der Waals surface area (Å²) in [5.41, 5.74) is 0. The monoisotopic (exact) mass is 544 g/mol. The molecule has 2 heterocycles. The average Bonchev–Trinajstić information content (AvgIpc) is 3.54. The van der Waals surface area contributed by atoms with Crippen molar-refractivity contribution >= 4 is 35.7 Å². The number of ether oxygens (including phenoxy) is 6. The van der Waals surface area contributed by atoms with E-state index in [1.165, 1.54) is 0 Å². The van der Waals surface area contributed by atoms with Crippen LogP contribution in [0.4, 0.5) is 0 Å². The van der Waals surface area contributed by atoms with Gasteiger partial charge in [-0.15, -0.1) is 0 Å². The molecule has 0 bridgehead atoms. The fourth-order valence-corrected chi connectivity index (χ4v) is 4.12. The van der Waals surface area contributed by atoms with E-state index in [1.807, 2.05) is 0 Å². The lowest BCUT2D eigenvalue weighted by Gasteiger charge is -2.34. The lowest BCUT2D eigenvalue weighted by Crippen LogP contribution is -2.59. The predicted octanol–water partition coefficient (Wildman–Crippen LogP) is -0.696. The number of hydrogen-bond acceptors (Lipinski definition) is 12. The quantitative estimate of drug-likeness (QED) is 0.220. The summed E-state index contributed by atoms with van der Waals surface area (Å²) in [5.74, 6) is -5.54. The molecule has 0 aliphatic carbocycles. The maximum Gasteiger partial charge on any atom is 0.303 e. The molecule has 2 fully saturated rings. The Morgan fingerprint density at radius 3 is 1.24 bits per heavy atom. The first-order valence-corrected chi connectivity index (χ1v) is 12.5. The second-order valence-corrected chi connectivity index (χ2v) is 8.97. The molecule has 38 heavy (non-hydrogen) atoms. The lowest BCUT2D eigenvalue weighted by atomic mass is 10.00. The second kappa shape index (κ2) is 15.2. The van der Waals surface area contributed by atoms with E-state index in [1.54, 1.807) is 0 Å². The van der Waals surface area contributed by atoms with E-state index in [-0.39, 0.29) is 25.3 Å². The Morgan fingerprint density at radius 1 is 0.632 bits per heavy atom. The normalized spacial score (nSPS) is 21.8. The van der Waals surface area contributed by atoms with Crippen molar-refractivity contribution in [3.8, 4) is 0 Å². The van der Waals surface area contributed by atoms with Gasteiger partial charge in [-0.25, -0.2) is 0 Å². The van der Waals surface area contributed by atoms with E-state index in [4.69, 9.17) is 28.4 Å². The molecule has 14 heteroatoms. The standard InChI is InChI=1S/C24H36N2O12/c1-13(27)35-19(21(37-15(3)29)23(31)25-11-17-7-5-9-33-17)20(36-14(2)28)22(38-16(4)30)24(32)26-12-18-8-6-10-34-18/h17-22H,5-12H2,1-4H3,(H,25,31)(H,26,32)/t17-,18-,19-,20+,21-,22-/m0/s1. The third kappa shape index (κ3) is 10.2. The molecule has 0 aromatic heterocycles. The summed E-state index contributed by atoms with van der Waals surface area (Å²) in [4.78, 5) is 74.3. The minimum absolute atomic E-state index is 0.0663. The molecule has 2 amide bonds. The molecule has 2 aliphatic rings. The third-order valence-electron chi connectivity index (χ3n) is 5.68. The van der Waals surface area contributed by atoms with Gasteiger partial charge < -0.3 is 39.1 Å². The number of hydrogen-bond donors (Lipinski definition) is 2. The molecule has 2 aliphatic heterocycles. The zero-order valence-electron chi connectivity index (χ0n) is 22.0. The summed E-state index contributed by atoms with van der Waals surface area (Å²) in [7, 11) is 0. The van der Waals surface area contributed by atoms with E-state index in [0.29, 0.717) is 26.1 Å². The number of carbonyl (C=O) groups excluding carboxylic acids is 6. The van der Waals surface area contributed by atoms with Crippen LogP contribution in [0.2, 0.25) is 0 Å². The molecule has 2 N–H and O–H groups in total. The van der Waals surface area contributed by atoms with E-state index in [0.717, 1.165) is 40.5 Å². The Labute approximate surface area is 220 Å². The van der Waals surface area contributed by atoms with Gasteiger partial charge in [0.15, 0.2) is 12.2 Å². The minimum Gasteiger partial charge on any atom is -0.454 e. The van der Waals surface area contributed by atoms with Crippen LogP contribution in [0.5, 0.6) is 0 Å². The molecule has 0 aromatic carbocycles. The van der Waals surface area contributed by atoms with Gasteiger partial charge in [-0.3, -0.25) is 28.8 Å². The Morgan fingerprint density at radius 2 is 0.974 bits per heavy atom. The van der Waals surface area contributed by atoms with Crippen molar-refractivity contribution in [3.05, 3.63) is 0 Å². The highest BCUT2D eigenvalue weighted by Crippen LogP contribution is 2.21. The molecule has 0 spiro atoms. The smallest absolute Gasteiger partial charge is 0.303 e. The van der Waals surface area contributed by atoms with Crippen molar-refractivity contribution in [2.24, 2.45) is 0 Å². The molecular weight excluding hydrogens is 508 g/mol. The molecule has 0 radical (unpaired) electrons. The predicted molar refractivity (Wildman–Crippen MR) is 126 cm³/mol. The zero-order valence-corrected chi connectivity index (χ0v) is 22.0. The Hall–Kier alpha value is -3.26. The number of carbonyl (C=O) groups is 6. The molecule has 0 unspecified atom stereocenters. The van der Waals surface area contributed by atoms with Gasteiger partial charge in [0.2, 0.25) is 12.2 Å². The molecule has 2 rings (SSSR count). The number of nitrogens with one attached hydrogen (secondary N) is 2. The molecule has 6 atom stereocenters. The van der Waals surface area contributed by atoms with Crippen LogP contribution in [-0.4, -0.2) is 98.6 Å². The van der Waals surface area contributed by atoms with Gasteiger partial charge in [0, 0.05) is 54.0 Å². The van der Waals surface area contributed by atoms with Gasteiger partial charge in [-0.1, -0.05) is 0 Å². The van der Waals surface area contributed by atoms with Gasteiger partial charge in [0.1, 0.15) is 0 Å². The lowest BCUT2D eigenvalue weighted by molar-refractivity contribution is -0.200. The van der Waals surface area contributed by atoms with Crippen LogP contribution in [0.25, 0.3) is 0 Å². The first kappa shape index (κ1) is 31.0. The largest absolute Gasteiger partial charge is 0.454 e. The van der Waals surface area contributed by atoms with Gasteiger partial charge in [-0.05, 0) is 25.7 Å². The number of amides is 2. The van der Waals surface area contributed by atoms with Crippen molar-refractivity contribution in [1.82, 2.24) is 10.6 Å². The maximum absolute atomic E-state index is 13.2. The average molecular weight is 545 g/mol.